The molecule has 0 aliphatic carbocycles. The zero-order valence-corrected chi connectivity index (χ0v) is 12.5. The van der Waals surface area contributed by atoms with Gasteiger partial charge in [-0.1, -0.05) is 50.0 Å². The zero-order chi connectivity index (χ0) is 13.9. The summed E-state index contributed by atoms with van der Waals surface area (Å²) in [4.78, 5) is 12.5. The minimum absolute atomic E-state index is 0.221. The Morgan fingerprint density at radius 2 is 1.47 bits per heavy atom. The Labute approximate surface area is 115 Å². The first-order valence-electron chi connectivity index (χ1n) is 6.35. The summed E-state index contributed by atoms with van der Waals surface area (Å²) < 4.78 is 5.83. The Balaban J connectivity index is 2.35. The largest absolute Gasteiger partial charge is 0.457 e. The van der Waals surface area contributed by atoms with Crippen molar-refractivity contribution in [2.45, 2.75) is 19.6 Å². The van der Waals surface area contributed by atoms with Crippen LogP contribution in [0, 0.1) is 0 Å². The van der Waals surface area contributed by atoms with E-state index < -0.39 is 8.07 Å². The summed E-state index contributed by atoms with van der Waals surface area (Å²) in [7, 11) is -1.87. The zero-order valence-electron chi connectivity index (χ0n) is 11.5. The molecule has 0 bridgehead atoms. The van der Waals surface area contributed by atoms with Gasteiger partial charge in [0.05, 0.1) is 5.56 Å². The van der Waals surface area contributed by atoms with Crippen LogP contribution < -0.4 is 4.74 Å². The van der Waals surface area contributed by atoms with E-state index in [9.17, 15) is 4.79 Å². The molecule has 98 valence electrons. The first-order valence-corrected chi connectivity index (χ1v) is 9.85. The van der Waals surface area contributed by atoms with Gasteiger partial charge in [-0.2, -0.15) is 0 Å². The number of hydrogen-bond donors (Lipinski definition) is 0. The summed E-state index contributed by atoms with van der Waals surface area (Å²) in [6.07, 6.45) is 0. The Bertz CT molecular complexity index is 571. The van der Waals surface area contributed by atoms with Crippen molar-refractivity contribution in [3.05, 3.63) is 60.2 Å². The maximum absolute atomic E-state index is 12.5. The minimum Gasteiger partial charge on any atom is -0.457 e. The van der Waals surface area contributed by atoms with Crippen molar-refractivity contribution >= 4 is 13.5 Å². The van der Waals surface area contributed by atoms with Gasteiger partial charge in [0.1, 0.15) is 25.0 Å². The summed E-state index contributed by atoms with van der Waals surface area (Å²) >= 11 is 0. The lowest BCUT2D eigenvalue weighted by atomic mass is 10.2. The molecule has 19 heavy (non-hydrogen) atoms. The van der Waals surface area contributed by atoms with E-state index in [0.29, 0.717) is 11.3 Å². The lowest BCUT2D eigenvalue weighted by Gasteiger charge is -2.17. The van der Waals surface area contributed by atoms with Gasteiger partial charge in [0.2, 0.25) is 0 Å². The van der Waals surface area contributed by atoms with Crippen molar-refractivity contribution in [2.24, 2.45) is 0 Å². The van der Waals surface area contributed by atoms with E-state index in [2.05, 4.69) is 19.6 Å². The Morgan fingerprint density at radius 3 is 2.11 bits per heavy atom. The molecule has 2 rings (SSSR count). The average Bonchev–Trinajstić information content (AvgIpc) is 2.39. The molecule has 0 aliphatic heterocycles. The molecule has 0 radical (unpaired) electrons. The van der Waals surface area contributed by atoms with Gasteiger partial charge in [-0.05, 0) is 24.3 Å². The van der Waals surface area contributed by atoms with E-state index in [1.807, 2.05) is 54.6 Å². The molecule has 0 heterocycles. The second kappa shape index (κ2) is 5.41. The van der Waals surface area contributed by atoms with Crippen LogP contribution in [0.2, 0.25) is 19.6 Å². The Hall–Kier alpha value is -1.87. The summed E-state index contributed by atoms with van der Waals surface area (Å²) in [5.41, 5.74) is 0.686. The van der Waals surface area contributed by atoms with Gasteiger partial charge in [-0.15, -0.1) is 0 Å². The molecule has 2 aromatic carbocycles. The Kier molecular flexibility index (Phi) is 3.86. The predicted molar refractivity (Wildman–Crippen MR) is 80.6 cm³/mol. The predicted octanol–water partition coefficient (Wildman–Crippen LogP) is 4.54. The SMILES string of the molecule is C[Si](C)(C)C(=O)c1ccccc1Oc1ccccc1. The van der Waals surface area contributed by atoms with Crippen LogP contribution in [0.25, 0.3) is 0 Å². The van der Waals surface area contributed by atoms with E-state index >= 15 is 0 Å². The second-order valence-corrected chi connectivity index (χ2v) is 10.4. The van der Waals surface area contributed by atoms with Gasteiger partial charge < -0.3 is 4.74 Å². The minimum atomic E-state index is -1.87. The average molecular weight is 270 g/mol. The van der Waals surface area contributed by atoms with Crippen molar-refractivity contribution in [2.75, 3.05) is 0 Å². The molecular weight excluding hydrogens is 252 g/mol. The van der Waals surface area contributed by atoms with Crippen molar-refractivity contribution in [3.8, 4) is 11.5 Å². The monoisotopic (exact) mass is 270 g/mol. The van der Waals surface area contributed by atoms with E-state index in [4.69, 9.17) is 4.74 Å². The fraction of sp³-hybridized carbons (Fsp3) is 0.188. The fourth-order valence-electron chi connectivity index (χ4n) is 1.76. The molecular formula is C16H18O2Si. The van der Waals surface area contributed by atoms with Crippen LogP contribution in [0.5, 0.6) is 11.5 Å². The first kappa shape index (κ1) is 13.6. The lowest BCUT2D eigenvalue weighted by Crippen LogP contribution is -2.33. The summed E-state index contributed by atoms with van der Waals surface area (Å²) in [5.74, 6) is 1.39. The molecule has 0 aromatic heterocycles. The topological polar surface area (TPSA) is 26.3 Å². The van der Waals surface area contributed by atoms with Crippen molar-refractivity contribution in [1.29, 1.82) is 0 Å². The molecule has 2 aromatic rings. The van der Waals surface area contributed by atoms with Crippen LogP contribution in [0.15, 0.2) is 54.6 Å². The Morgan fingerprint density at radius 1 is 0.895 bits per heavy atom. The van der Waals surface area contributed by atoms with Gasteiger partial charge in [-0.25, -0.2) is 0 Å². The van der Waals surface area contributed by atoms with E-state index in [1.165, 1.54) is 0 Å². The van der Waals surface area contributed by atoms with Crippen LogP contribution >= 0.6 is 0 Å². The standard InChI is InChI=1S/C16H18O2Si/c1-19(2,3)16(17)14-11-7-8-12-15(14)18-13-9-5-4-6-10-13/h4-12H,1-3H3. The van der Waals surface area contributed by atoms with Gasteiger partial charge in [0.25, 0.3) is 0 Å². The van der Waals surface area contributed by atoms with Gasteiger partial charge in [0.15, 0.2) is 0 Å². The number of rotatable bonds is 4. The first-order chi connectivity index (χ1) is 8.98. The third-order valence-electron chi connectivity index (χ3n) is 2.78. The van der Waals surface area contributed by atoms with Crippen LogP contribution in [0.3, 0.4) is 0 Å². The fourth-order valence-corrected chi connectivity index (χ4v) is 2.78. The normalized spacial score (nSPS) is 11.1. The van der Waals surface area contributed by atoms with Crippen LogP contribution in [-0.2, 0) is 0 Å². The molecule has 0 saturated heterocycles. The third kappa shape index (κ3) is 3.32. The van der Waals surface area contributed by atoms with Crippen LogP contribution in [0.4, 0.5) is 0 Å². The number of hydrogen-bond acceptors (Lipinski definition) is 2. The molecule has 0 amide bonds. The highest BCUT2D eigenvalue weighted by Crippen LogP contribution is 2.27. The van der Waals surface area contributed by atoms with Crippen molar-refractivity contribution in [1.82, 2.24) is 0 Å². The highest BCUT2D eigenvalue weighted by Gasteiger charge is 2.27. The molecule has 2 nitrogen and oxygen atoms in total. The molecule has 3 heteroatoms. The highest BCUT2D eigenvalue weighted by atomic mass is 28.3. The quantitative estimate of drug-likeness (QED) is 0.762. The van der Waals surface area contributed by atoms with E-state index in [1.54, 1.807) is 0 Å². The molecule has 0 unspecified atom stereocenters. The maximum atomic E-state index is 12.5. The molecule has 0 spiro atoms. The van der Waals surface area contributed by atoms with Gasteiger partial charge in [-0.3, -0.25) is 4.79 Å². The number of carbonyl (C=O) groups excluding carboxylic acids is 1. The number of ether oxygens (including phenoxy) is 1. The third-order valence-corrected chi connectivity index (χ3v) is 4.42. The second-order valence-electron chi connectivity index (χ2n) is 5.49. The van der Waals surface area contributed by atoms with Gasteiger partial charge in [0, 0.05) is 0 Å². The van der Waals surface area contributed by atoms with Crippen LogP contribution in [0.1, 0.15) is 10.4 Å². The van der Waals surface area contributed by atoms with E-state index in [0.717, 1.165) is 5.75 Å². The number of para-hydroxylation sites is 2. The summed E-state index contributed by atoms with van der Waals surface area (Å²) in [6, 6.07) is 17.0. The summed E-state index contributed by atoms with van der Waals surface area (Å²) in [5, 5.41) is 0.221. The molecule has 0 fully saturated rings. The lowest BCUT2D eigenvalue weighted by molar-refractivity contribution is 0.106. The molecule has 0 saturated carbocycles. The molecule has 0 aliphatic rings. The van der Waals surface area contributed by atoms with Crippen molar-refractivity contribution < 1.29 is 9.53 Å². The van der Waals surface area contributed by atoms with Crippen molar-refractivity contribution in [3.63, 3.8) is 0 Å². The van der Waals surface area contributed by atoms with Gasteiger partial charge >= 0.3 is 0 Å². The van der Waals surface area contributed by atoms with E-state index in [-0.39, 0.29) is 5.41 Å². The highest BCUT2D eigenvalue weighted by molar-refractivity contribution is 7.05. The molecule has 0 N–H and O–H groups in total. The number of carbonyl (C=O) groups is 1. The maximum Gasteiger partial charge on any atom is 0.143 e. The van der Waals surface area contributed by atoms with Crippen LogP contribution in [-0.4, -0.2) is 13.5 Å². The number of benzene rings is 2. The summed E-state index contributed by atoms with van der Waals surface area (Å²) in [6.45, 7) is 6.15. The molecule has 0 atom stereocenters. The smallest absolute Gasteiger partial charge is 0.143 e.